The lowest BCUT2D eigenvalue weighted by atomic mass is 9.83. The van der Waals surface area contributed by atoms with Crippen LogP contribution in [0.25, 0.3) is 0 Å². The Balaban J connectivity index is 1.49. The van der Waals surface area contributed by atoms with E-state index < -0.39 is 58.0 Å². The summed E-state index contributed by atoms with van der Waals surface area (Å²) >= 11 is 1.84. The number of thiazole rings is 1. The number of benzene rings is 2. The van der Waals surface area contributed by atoms with Crippen molar-refractivity contribution in [3.8, 4) is 5.75 Å². The normalized spacial score (nSPS) is 21.0. The van der Waals surface area contributed by atoms with Gasteiger partial charge in [0, 0.05) is 16.5 Å². The SMILES string of the molecule is O=C(Cn1c2c(sc1=O)[C@@H](c1ccc(O)cc1)[C@H]1C(=O)NC(=O)[C@H]1S2)Nc1cccc(C(F)(F)F)c1. The van der Waals surface area contributed by atoms with Crippen molar-refractivity contribution in [3.05, 3.63) is 74.2 Å². The zero-order chi connectivity index (χ0) is 25.8. The fourth-order valence-corrected chi connectivity index (χ4v) is 7.07. The maximum atomic E-state index is 13.0. The molecule has 3 atom stereocenters. The van der Waals surface area contributed by atoms with Crippen LogP contribution in [0, 0.1) is 5.92 Å². The molecular formula is C23H16F3N3O5S2. The number of carbonyl (C=O) groups is 3. The lowest BCUT2D eigenvalue weighted by molar-refractivity contribution is -0.137. The van der Waals surface area contributed by atoms with Crippen LogP contribution in [-0.4, -0.2) is 32.6 Å². The van der Waals surface area contributed by atoms with Gasteiger partial charge < -0.3 is 10.4 Å². The third kappa shape index (κ3) is 4.28. The molecule has 186 valence electrons. The molecule has 2 aliphatic rings. The van der Waals surface area contributed by atoms with Gasteiger partial charge in [0.1, 0.15) is 17.5 Å². The first-order valence-corrected chi connectivity index (χ1v) is 12.2. The van der Waals surface area contributed by atoms with E-state index in [1.807, 2.05) is 0 Å². The molecule has 13 heteroatoms. The summed E-state index contributed by atoms with van der Waals surface area (Å²) in [4.78, 5) is 50.7. The second-order valence-electron chi connectivity index (χ2n) is 8.24. The number of thioether (sulfide) groups is 1. The summed E-state index contributed by atoms with van der Waals surface area (Å²) in [6.45, 7) is -0.497. The van der Waals surface area contributed by atoms with Gasteiger partial charge >= 0.3 is 11.0 Å². The Morgan fingerprint density at radius 2 is 1.81 bits per heavy atom. The van der Waals surface area contributed by atoms with Crippen molar-refractivity contribution in [1.29, 1.82) is 0 Å². The molecule has 3 amide bonds. The van der Waals surface area contributed by atoms with Crippen molar-refractivity contribution in [2.75, 3.05) is 5.32 Å². The maximum Gasteiger partial charge on any atom is 0.416 e. The highest BCUT2D eigenvalue weighted by molar-refractivity contribution is 8.00. The second kappa shape index (κ2) is 8.82. The number of hydrogen-bond donors (Lipinski definition) is 3. The number of imide groups is 1. The van der Waals surface area contributed by atoms with E-state index in [2.05, 4.69) is 10.6 Å². The standard InChI is InChI=1S/C23H16F3N3O5S2/c24-23(25,26)11-2-1-3-12(8-11)27-14(31)9-29-21-18(36-22(29)34)15(10-4-6-13(30)7-5-10)16-17(35-21)20(33)28-19(16)32/h1-8,15-17,30H,9H2,(H,27,31)(H,28,32,33)/t15-,16+,17-/m0/s1. The van der Waals surface area contributed by atoms with Crippen LogP contribution in [0.1, 0.15) is 21.9 Å². The summed E-state index contributed by atoms with van der Waals surface area (Å²) in [6.07, 6.45) is -4.58. The van der Waals surface area contributed by atoms with E-state index in [0.717, 1.165) is 45.9 Å². The number of phenols is 1. The Morgan fingerprint density at radius 1 is 1.08 bits per heavy atom. The summed E-state index contributed by atoms with van der Waals surface area (Å²) in [5.41, 5.74) is -0.404. The molecule has 2 aromatic carbocycles. The zero-order valence-corrected chi connectivity index (χ0v) is 19.7. The van der Waals surface area contributed by atoms with Gasteiger partial charge in [0.25, 0.3) is 0 Å². The van der Waals surface area contributed by atoms with Crippen LogP contribution in [0.4, 0.5) is 18.9 Å². The summed E-state index contributed by atoms with van der Waals surface area (Å²) in [6, 6.07) is 10.2. The number of anilines is 1. The molecule has 0 bridgehead atoms. The fourth-order valence-electron chi connectivity index (χ4n) is 4.33. The highest BCUT2D eigenvalue weighted by Gasteiger charge is 2.52. The molecule has 36 heavy (non-hydrogen) atoms. The number of aromatic nitrogens is 1. The minimum absolute atomic E-state index is 0.00433. The number of nitrogens with one attached hydrogen (secondary N) is 2. The van der Waals surface area contributed by atoms with Gasteiger partial charge in [-0.15, -0.1) is 0 Å². The van der Waals surface area contributed by atoms with Crippen molar-refractivity contribution in [3.63, 3.8) is 0 Å². The van der Waals surface area contributed by atoms with E-state index in [1.165, 1.54) is 18.2 Å². The molecule has 8 nitrogen and oxygen atoms in total. The number of fused-ring (bicyclic) bond motifs is 2. The van der Waals surface area contributed by atoms with Crippen LogP contribution in [0.2, 0.25) is 0 Å². The van der Waals surface area contributed by atoms with Crippen LogP contribution in [0.15, 0.2) is 58.4 Å². The molecule has 5 rings (SSSR count). The highest BCUT2D eigenvalue weighted by Crippen LogP contribution is 2.51. The van der Waals surface area contributed by atoms with Crippen LogP contribution >= 0.6 is 23.1 Å². The van der Waals surface area contributed by atoms with Crippen molar-refractivity contribution in [2.24, 2.45) is 5.92 Å². The molecule has 1 fully saturated rings. The molecule has 1 saturated heterocycles. The number of phenolic OH excluding ortho intramolecular Hbond substituents is 1. The molecule has 0 aliphatic carbocycles. The Morgan fingerprint density at radius 3 is 2.50 bits per heavy atom. The van der Waals surface area contributed by atoms with Gasteiger partial charge in [0.05, 0.1) is 16.5 Å². The first kappa shape index (κ1) is 24.1. The first-order valence-electron chi connectivity index (χ1n) is 10.5. The van der Waals surface area contributed by atoms with Crippen LogP contribution in [-0.2, 0) is 27.1 Å². The molecule has 0 radical (unpaired) electrons. The van der Waals surface area contributed by atoms with E-state index >= 15 is 0 Å². The van der Waals surface area contributed by atoms with E-state index in [9.17, 15) is 37.5 Å². The molecule has 0 unspecified atom stereocenters. The lowest BCUT2D eigenvalue weighted by Gasteiger charge is -2.30. The number of alkyl halides is 3. The Bertz CT molecular complexity index is 1450. The number of rotatable bonds is 4. The molecule has 2 aliphatic heterocycles. The van der Waals surface area contributed by atoms with Gasteiger partial charge in [0.2, 0.25) is 17.7 Å². The van der Waals surface area contributed by atoms with E-state index in [1.54, 1.807) is 12.1 Å². The summed E-state index contributed by atoms with van der Waals surface area (Å²) in [5, 5.41) is 13.9. The number of aromatic hydroxyl groups is 1. The Kier molecular flexibility index (Phi) is 5.91. The van der Waals surface area contributed by atoms with E-state index in [0.29, 0.717) is 15.5 Å². The summed E-state index contributed by atoms with van der Waals surface area (Å²) in [7, 11) is 0. The third-order valence-electron chi connectivity index (χ3n) is 5.92. The highest BCUT2D eigenvalue weighted by atomic mass is 32.2. The van der Waals surface area contributed by atoms with Gasteiger partial charge in [-0.3, -0.25) is 29.1 Å². The summed E-state index contributed by atoms with van der Waals surface area (Å²) in [5.74, 6) is -3.16. The smallest absolute Gasteiger partial charge is 0.416 e. The predicted octanol–water partition coefficient (Wildman–Crippen LogP) is 3.15. The fraction of sp³-hybridized carbons (Fsp3) is 0.217. The monoisotopic (exact) mass is 535 g/mol. The minimum Gasteiger partial charge on any atom is -0.508 e. The van der Waals surface area contributed by atoms with Crippen molar-refractivity contribution in [2.45, 2.75) is 28.9 Å². The maximum absolute atomic E-state index is 13.0. The minimum atomic E-state index is -4.58. The first-order chi connectivity index (χ1) is 17.0. The average Bonchev–Trinajstić information content (AvgIpc) is 3.27. The van der Waals surface area contributed by atoms with Gasteiger partial charge in [0.15, 0.2) is 0 Å². The van der Waals surface area contributed by atoms with Crippen molar-refractivity contribution >= 4 is 46.5 Å². The number of halogens is 3. The van der Waals surface area contributed by atoms with Gasteiger partial charge in [-0.05, 0) is 35.9 Å². The predicted molar refractivity (Wildman–Crippen MR) is 125 cm³/mol. The number of hydrogen-bond acceptors (Lipinski definition) is 7. The molecule has 3 aromatic rings. The number of carbonyl (C=O) groups excluding carboxylic acids is 3. The molecular weight excluding hydrogens is 519 g/mol. The van der Waals surface area contributed by atoms with Gasteiger partial charge in [-0.1, -0.05) is 41.3 Å². The van der Waals surface area contributed by atoms with E-state index in [4.69, 9.17) is 0 Å². The molecule has 0 spiro atoms. The zero-order valence-electron chi connectivity index (χ0n) is 18.0. The summed E-state index contributed by atoms with van der Waals surface area (Å²) < 4.78 is 40.1. The van der Waals surface area contributed by atoms with Crippen LogP contribution in [0.5, 0.6) is 5.75 Å². The van der Waals surface area contributed by atoms with Crippen LogP contribution < -0.4 is 15.5 Å². The quantitative estimate of drug-likeness (QED) is 0.442. The van der Waals surface area contributed by atoms with Crippen LogP contribution in [0.3, 0.4) is 0 Å². The largest absolute Gasteiger partial charge is 0.508 e. The second-order valence-corrected chi connectivity index (χ2v) is 10.4. The third-order valence-corrected chi connectivity index (χ3v) is 8.53. The molecule has 3 heterocycles. The number of nitrogens with zero attached hydrogens (tertiary/aromatic N) is 1. The van der Waals surface area contributed by atoms with Gasteiger partial charge in [-0.2, -0.15) is 13.2 Å². The molecule has 0 saturated carbocycles. The Hall–Kier alpha value is -3.58. The number of amides is 3. The van der Waals surface area contributed by atoms with Crippen molar-refractivity contribution < 1.29 is 32.7 Å². The Labute approximate surface area is 209 Å². The average molecular weight is 536 g/mol. The van der Waals surface area contributed by atoms with E-state index in [-0.39, 0.29) is 11.4 Å². The molecule has 3 N–H and O–H groups in total. The topological polar surface area (TPSA) is 118 Å². The lowest BCUT2D eigenvalue weighted by Crippen LogP contribution is -2.32. The van der Waals surface area contributed by atoms with Gasteiger partial charge in [-0.25, -0.2) is 0 Å². The molecule has 1 aromatic heterocycles. The van der Waals surface area contributed by atoms with Crippen molar-refractivity contribution in [1.82, 2.24) is 9.88 Å².